The summed E-state index contributed by atoms with van der Waals surface area (Å²) in [7, 11) is 9.65. The van der Waals surface area contributed by atoms with E-state index < -0.39 is 17.3 Å². The number of benzene rings is 1. The van der Waals surface area contributed by atoms with E-state index in [-0.39, 0.29) is 35.4 Å². The standard InChI is InChI=1S/C31H35FN4O5/c1-36(2)15-13-31(37,21-17-26(39-4)35-27(18-21)40-5)28(22-10-9-12-25(38-3)29(22)32)23-16-20(19-34-30(23)41-6)24-11-7-8-14-33-24/h7-12,14,16-19,28,37H,13,15H2,1-6H3. The molecule has 0 fully saturated rings. The van der Waals surface area contributed by atoms with Crippen molar-refractivity contribution in [2.24, 2.45) is 0 Å². The Hall–Kier alpha value is -4.28. The normalized spacial score (nSPS) is 13.4. The maximum atomic E-state index is 16.2. The van der Waals surface area contributed by atoms with Crippen LogP contribution in [0.3, 0.4) is 0 Å². The SMILES string of the molecule is COc1cc(C(O)(CCN(C)C)C(c2cc(-c3ccccn3)cnc2OC)c2cccc(OC)c2F)cc(OC)n1. The number of methoxy groups -OCH3 is 4. The molecule has 2 unspecified atom stereocenters. The second-order valence-electron chi connectivity index (χ2n) is 9.75. The van der Waals surface area contributed by atoms with E-state index in [2.05, 4.69) is 15.0 Å². The van der Waals surface area contributed by atoms with Crippen molar-refractivity contribution in [1.29, 1.82) is 0 Å². The molecule has 2 atom stereocenters. The number of aliphatic hydroxyl groups is 1. The van der Waals surface area contributed by atoms with Gasteiger partial charge in [-0.1, -0.05) is 18.2 Å². The third-order valence-corrected chi connectivity index (χ3v) is 6.98. The number of hydrogen-bond donors (Lipinski definition) is 1. The van der Waals surface area contributed by atoms with Crippen molar-refractivity contribution in [3.8, 4) is 34.6 Å². The number of ether oxygens (including phenoxy) is 4. The van der Waals surface area contributed by atoms with Gasteiger partial charge in [0.25, 0.3) is 0 Å². The fourth-order valence-electron chi connectivity index (χ4n) is 4.90. The van der Waals surface area contributed by atoms with Gasteiger partial charge in [0.05, 0.1) is 40.1 Å². The molecule has 0 aliphatic heterocycles. The number of hydrogen-bond acceptors (Lipinski definition) is 9. The van der Waals surface area contributed by atoms with Crippen LogP contribution >= 0.6 is 0 Å². The number of aromatic nitrogens is 3. The first kappa shape index (κ1) is 29.7. The lowest BCUT2D eigenvalue weighted by Crippen LogP contribution is -2.38. The zero-order chi connectivity index (χ0) is 29.6. The number of pyridine rings is 3. The highest BCUT2D eigenvalue weighted by Gasteiger charge is 2.44. The van der Waals surface area contributed by atoms with E-state index in [0.29, 0.717) is 28.9 Å². The second-order valence-corrected chi connectivity index (χ2v) is 9.75. The largest absolute Gasteiger partial charge is 0.494 e. The van der Waals surface area contributed by atoms with E-state index in [1.165, 1.54) is 34.5 Å². The highest BCUT2D eigenvalue weighted by atomic mass is 19.1. The van der Waals surface area contributed by atoms with Crippen molar-refractivity contribution in [2.75, 3.05) is 49.1 Å². The van der Waals surface area contributed by atoms with Gasteiger partial charge >= 0.3 is 0 Å². The van der Waals surface area contributed by atoms with E-state index in [4.69, 9.17) is 18.9 Å². The van der Waals surface area contributed by atoms with Crippen LogP contribution in [-0.4, -0.2) is 74.0 Å². The second kappa shape index (κ2) is 12.9. The third kappa shape index (κ3) is 6.23. The van der Waals surface area contributed by atoms with Gasteiger partial charge in [0, 0.05) is 47.8 Å². The number of nitrogens with zero attached hydrogens (tertiary/aromatic N) is 4. The van der Waals surface area contributed by atoms with Crippen LogP contribution in [0.4, 0.5) is 4.39 Å². The van der Waals surface area contributed by atoms with Gasteiger partial charge in [-0.25, -0.2) is 9.37 Å². The van der Waals surface area contributed by atoms with Gasteiger partial charge in [-0.05, 0) is 50.3 Å². The molecule has 41 heavy (non-hydrogen) atoms. The summed E-state index contributed by atoms with van der Waals surface area (Å²) in [5.41, 5.74) is 0.670. The van der Waals surface area contributed by atoms with Crippen LogP contribution < -0.4 is 18.9 Å². The van der Waals surface area contributed by atoms with E-state index in [1.54, 1.807) is 36.7 Å². The Labute approximate surface area is 239 Å². The summed E-state index contributed by atoms with van der Waals surface area (Å²) in [4.78, 5) is 15.3. The monoisotopic (exact) mass is 562 g/mol. The quantitative estimate of drug-likeness (QED) is 0.264. The first-order chi connectivity index (χ1) is 19.7. The van der Waals surface area contributed by atoms with Gasteiger partial charge in [-0.15, -0.1) is 0 Å². The Kier molecular flexibility index (Phi) is 9.36. The Balaban J connectivity index is 2.09. The van der Waals surface area contributed by atoms with Crippen LogP contribution in [0, 0.1) is 5.82 Å². The van der Waals surface area contributed by atoms with Crippen molar-refractivity contribution >= 4 is 0 Å². The maximum absolute atomic E-state index is 16.2. The molecule has 0 saturated heterocycles. The van der Waals surface area contributed by atoms with Crippen LogP contribution in [0.5, 0.6) is 23.4 Å². The van der Waals surface area contributed by atoms with Crippen molar-refractivity contribution in [3.05, 3.63) is 89.5 Å². The topological polar surface area (TPSA) is 99.1 Å². The van der Waals surface area contributed by atoms with Crippen LogP contribution in [0.25, 0.3) is 11.3 Å². The number of halogens is 1. The van der Waals surface area contributed by atoms with Gasteiger partial charge < -0.3 is 29.0 Å². The van der Waals surface area contributed by atoms with Gasteiger partial charge in [-0.3, -0.25) is 4.98 Å². The summed E-state index contributed by atoms with van der Waals surface area (Å²) in [5.74, 6) is -0.894. The smallest absolute Gasteiger partial charge is 0.217 e. The highest BCUT2D eigenvalue weighted by molar-refractivity contribution is 5.62. The zero-order valence-corrected chi connectivity index (χ0v) is 24.1. The summed E-state index contributed by atoms with van der Waals surface area (Å²) < 4.78 is 38.2. The van der Waals surface area contributed by atoms with E-state index >= 15 is 4.39 Å². The molecule has 1 N–H and O–H groups in total. The molecule has 4 rings (SSSR count). The Bertz CT molecular complexity index is 1450. The molecule has 0 spiro atoms. The highest BCUT2D eigenvalue weighted by Crippen LogP contribution is 2.49. The van der Waals surface area contributed by atoms with Crippen LogP contribution in [0.1, 0.15) is 29.0 Å². The molecular formula is C31H35FN4O5. The molecule has 3 aromatic heterocycles. The lowest BCUT2D eigenvalue weighted by molar-refractivity contribution is 0.00229. The minimum atomic E-state index is -1.74. The zero-order valence-electron chi connectivity index (χ0n) is 24.1. The summed E-state index contributed by atoms with van der Waals surface area (Å²) in [5, 5.41) is 12.9. The molecule has 0 bridgehead atoms. The van der Waals surface area contributed by atoms with Gasteiger partial charge in [0.15, 0.2) is 11.6 Å². The van der Waals surface area contributed by atoms with E-state index in [1.807, 2.05) is 43.3 Å². The van der Waals surface area contributed by atoms with Crippen molar-refractivity contribution < 1.29 is 28.4 Å². The van der Waals surface area contributed by atoms with Crippen LogP contribution in [-0.2, 0) is 5.60 Å². The molecule has 9 nitrogen and oxygen atoms in total. The molecule has 216 valence electrons. The van der Waals surface area contributed by atoms with Gasteiger partial charge in [0.1, 0.15) is 5.60 Å². The maximum Gasteiger partial charge on any atom is 0.217 e. The molecule has 0 amide bonds. The van der Waals surface area contributed by atoms with Gasteiger partial charge in [-0.2, -0.15) is 4.98 Å². The first-order valence-electron chi connectivity index (χ1n) is 13.0. The summed E-state index contributed by atoms with van der Waals surface area (Å²) >= 11 is 0. The van der Waals surface area contributed by atoms with Crippen molar-refractivity contribution in [1.82, 2.24) is 19.9 Å². The molecule has 0 aliphatic carbocycles. The number of rotatable bonds is 12. The fourth-order valence-corrected chi connectivity index (χ4v) is 4.90. The summed E-state index contributed by atoms with van der Waals surface area (Å²) in [6.45, 7) is 0.460. The summed E-state index contributed by atoms with van der Waals surface area (Å²) in [6.07, 6.45) is 3.51. The molecule has 4 aromatic rings. The lowest BCUT2D eigenvalue weighted by Gasteiger charge is -2.39. The molecule has 0 radical (unpaired) electrons. The van der Waals surface area contributed by atoms with Crippen molar-refractivity contribution in [2.45, 2.75) is 17.9 Å². The average Bonchev–Trinajstić information content (AvgIpc) is 3.01. The van der Waals surface area contributed by atoms with E-state index in [0.717, 1.165) is 0 Å². The van der Waals surface area contributed by atoms with Crippen LogP contribution in [0.2, 0.25) is 0 Å². The molecule has 1 aromatic carbocycles. The lowest BCUT2D eigenvalue weighted by atomic mass is 9.71. The third-order valence-electron chi connectivity index (χ3n) is 6.98. The Morgan fingerprint density at radius 2 is 1.61 bits per heavy atom. The Morgan fingerprint density at radius 3 is 2.20 bits per heavy atom. The van der Waals surface area contributed by atoms with E-state index in [9.17, 15) is 5.11 Å². The predicted octanol–water partition coefficient (Wildman–Crippen LogP) is 4.68. The first-order valence-corrected chi connectivity index (χ1v) is 13.0. The minimum absolute atomic E-state index is 0.0418. The molecule has 0 aliphatic rings. The average molecular weight is 563 g/mol. The fraction of sp³-hybridized carbons (Fsp3) is 0.323. The molecular weight excluding hydrogens is 527 g/mol. The minimum Gasteiger partial charge on any atom is -0.494 e. The van der Waals surface area contributed by atoms with Crippen molar-refractivity contribution in [3.63, 3.8) is 0 Å². The van der Waals surface area contributed by atoms with Gasteiger partial charge in [0.2, 0.25) is 17.6 Å². The summed E-state index contributed by atoms with van der Waals surface area (Å²) in [6, 6.07) is 15.5. The predicted molar refractivity (Wildman–Crippen MR) is 153 cm³/mol. The molecule has 3 heterocycles. The molecule has 0 saturated carbocycles. The van der Waals surface area contributed by atoms with Crippen LogP contribution in [0.15, 0.2) is 67.0 Å². The molecule has 10 heteroatoms. The Morgan fingerprint density at radius 1 is 0.878 bits per heavy atom.